The summed E-state index contributed by atoms with van der Waals surface area (Å²) in [5.41, 5.74) is 10.2. The van der Waals surface area contributed by atoms with Gasteiger partial charge in [0, 0.05) is 11.1 Å². The summed E-state index contributed by atoms with van der Waals surface area (Å²) in [6, 6.07) is 36.0. The van der Waals surface area contributed by atoms with Crippen molar-refractivity contribution >= 4 is 23.4 Å². The van der Waals surface area contributed by atoms with Gasteiger partial charge in [-0.1, -0.05) is 84.9 Å². The average molecular weight is 628 g/mol. The van der Waals surface area contributed by atoms with Gasteiger partial charge >= 0.3 is 11.5 Å². The van der Waals surface area contributed by atoms with Crippen LogP contribution in [-0.4, -0.2) is 10.9 Å². The fourth-order valence-corrected chi connectivity index (χ4v) is 6.18. The summed E-state index contributed by atoms with van der Waals surface area (Å²) in [7, 11) is 0. The van der Waals surface area contributed by atoms with Crippen LogP contribution in [0.15, 0.2) is 154 Å². The Morgan fingerprint density at radius 1 is 0.583 bits per heavy atom. The van der Waals surface area contributed by atoms with Crippen LogP contribution in [0.25, 0.3) is 40.2 Å². The number of Topliss-reactive ketones (excluding diaryl/α,β-unsaturated/α-hetero) is 1. The van der Waals surface area contributed by atoms with Gasteiger partial charge in [0.2, 0.25) is 5.78 Å². The molecule has 0 atom stereocenters. The third-order valence-electron chi connectivity index (χ3n) is 8.89. The van der Waals surface area contributed by atoms with E-state index in [4.69, 9.17) is 9.15 Å². The average Bonchev–Trinajstić information content (AvgIpc) is 3.10. The molecule has 0 unspecified atom stereocenters. The van der Waals surface area contributed by atoms with Gasteiger partial charge in [-0.3, -0.25) is 4.79 Å². The number of carbonyl (C=O) groups excluding carboxylic acids is 1. The number of carbonyl (C=O) groups is 1. The summed E-state index contributed by atoms with van der Waals surface area (Å²) in [5.74, 6) is 2.48. The molecule has 7 rings (SSSR count). The van der Waals surface area contributed by atoms with Crippen molar-refractivity contribution in [1.82, 2.24) is 0 Å². The third-order valence-corrected chi connectivity index (χ3v) is 8.89. The standard InChI is InChI=1S/C44H34O4/c1-27-13-5-9-17-33(27)39-23-31(24-40(47-39)34-18-10-6-14-28(34)2)21-37-43(45)38(44(37)46)22-32-25-41(35-19-11-7-15-29(35)3)48-42(26-32)36-20-12-8-16-30(36)4/h5-26H,1-4H3/p+1. The molecule has 1 aromatic heterocycles. The third kappa shape index (κ3) is 5.85. The summed E-state index contributed by atoms with van der Waals surface area (Å²) < 4.78 is 12.9. The van der Waals surface area contributed by atoms with Crippen LogP contribution in [0.1, 0.15) is 38.9 Å². The molecule has 0 fully saturated rings. The highest BCUT2D eigenvalue weighted by Gasteiger charge is 2.33. The second-order valence-corrected chi connectivity index (χ2v) is 12.3. The van der Waals surface area contributed by atoms with Crippen molar-refractivity contribution in [2.75, 3.05) is 0 Å². The van der Waals surface area contributed by atoms with Gasteiger partial charge in [0.25, 0.3) is 0 Å². The van der Waals surface area contributed by atoms with Crippen LogP contribution in [0, 0.1) is 27.7 Å². The number of rotatable bonds is 6. The lowest BCUT2D eigenvalue weighted by atomic mass is 9.85. The molecule has 1 aliphatic carbocycles. The maximum absolute atomic E-state index is 13.7. The minimum absolute atomic E-state index is 0.0358. The highest BCUT2D eigenvalue weighted by Crippen LogP contribution is 2.39. The molecule has 0 bridgehead atoms. The normalized spacial score (nSPS) is 15.1. The van der Waals surface area contributed by atoms with Crippen LogP contribution in [0.5, 0.6) is 0 Å². The number of ether oxygens (including phenoxy) is 1. The summed E-state index contributed by atoms with van der Waals surface area (Å²) in [5, 5.41) is 11.3. The molecule has 234 valence electrons. The van der Waals surface area contributed by atoms with E-state index in [0.29, 0.717) is 23.0 Å². The molecule has 0 saturated carbocycles. The summed E-state index contributed by atoms with van der Waals surface area (Å²) in [6.45, 7) is 8.17. The first-order chi connectivity index (χ1) is 23.3. The molecule has 0 radical (unpaired) electrons. The van der Waals surface area contributed by atoms with Gasteiger partial charge in [-0.15, -0.1) is 0 Å². The first-order valence-corrected chi connectivity index (χ1v) is 16.0. The molecule has 2 aliphatic rings. The smallest absolute Gasteiger partial charge is 0.361 e. The second kappa shape index (κ2) is 12.7. The van der Waals surface area contributed by atoms with Crippen molar-refractivity contribution in [3.05, 3.63) is 189 Å². The van der Waals surface area contributed by atoms with E-state index in [1.165, 1.54) is 0 Å². The Labute approximate surface area is 281 Å². The summed E-state index contributed by atoms with van der Waals surface area (Å²) >= 11 is 0. The van der Waals surface area contributed by atoms with E-state index < -0.39 is 0 Å². The number of aryl methyl sites for hydroxylation is 4. The SMILES string of the molecule is Cc1ccccc1C1=CC(=CC2=C(O)C(=Cc3cc(-c4ccccc4C)[o+]c(-c4ccccc4C)c3)C2=O)C=C(c2ccccc2C)O1. The zero-order chi connectivity index (χ0) is 33.4. The monoisotopic (exact) mass is 627 g/mol. The Hall–Kier alpha value is -6.00. The molecule has 5 aromatic rings. The van der Waals surface area contributed by atoms with Crippen molar-refractivity contribution in [2.45, 2.75) is 27.7 Å². The molecule has 4 aromatic carbocycles. The number of ketones is 1. The van der Waals surface area contributed by atoms with Gasteiger partial charge < -0.3 is 9.84 Å². The number of hydrogen-bond acceptors (Lipinski definition) is 3. The Morgan fingerprint density at radius 3 is 1.42 bits per heavy atom. The molecule has 1 N–H and O–H groups in total. The van der Waals surface area contributed by atoms with Gasteiger partial charge in [0.15, 0.2) is 0 Å². The molecule has 0 saturated heterocycles. The lowest BCUT2D eigenvalue weighted by Crippen LogP contribution is -2.21. The second-order valence-electron chi connectivity index (χ2n) is 12.3. The van der Waals surface area contributed by atoms with Gasteiger partial charge in [-0.05, 0) is 97.5 Å². The van der Waals surface area contributed by atoms with Gasteiger partial charge in [-0.25, -0.2) is 4.42 Å². The van der Waals surface area contributed by atoms with Gasteiger partial charge in [-0.2, -0.15) is 0 Å². The lowest BCUT2D eigenvalue weighted by Gasteiger charge is -2.23. The highest BCUT2D eigenvalue weighted by atomic mass is 16.5. The molecule has 4 nitrogen and oxygen atoms in total. The van der Waals surface area contributed by atoms with Crippen LogP contribution in [0.2, 0.25) is 0 Å². The van der Waals surface area contributed by atoms with Gasteiger partial charge in [0.05, 0.1) is 34.4 Å². The molecule has 4 heteroatoms. The number of allylic oxidation sites excluding steroid dienone is 6. The maximum atomic E-state index is 13.7. The predicted molar refractivity (Wildman–Crippen MR) is 194 cm³/mol. The van der Waals surface area contributed by atoms with Crippen molar-refractivity contribution in [3.63, 3.8) is 0 Å². The zero-order valence-electron chi connectivity index (χ0n) is 27.4. The van der Waals surface area contributed by atoms with E-state index in [-0.39, 0.29) is 22.7 Å². The van der Waals surface area contributed by atoms with Gasteiger partial charge in [0.1, 0.15) is 17.3 Å². The van der Waals surface area contributed by atoms with Crippen LogP contribution < -0.4 is 0 Å². The lowest BCUT2D eigenvalue weighted by molar-refractivity contribution is -0.113. The molecule has 48 heavy (non-hydrogen) atoms. The van der Waals surface area contributed by atoms with Crippen LogP contribution in [0.3, 0.4) is 0 Å². The Kier molecular flexibility index (Phi) is 8.08. The molecule has 0 amide bonds. The number of benzene rings is 4. The molecule has 2 heterocycles. The van der Waals surface area contributed by atoms with E-state index in [0.717, 1.165) is 55.6 Å². The maximum Gasteiger partial charge on any atom is 0.361 e. The van der Waals surface area contributed by atoms with Crippen LogP contribution in [-0.2, 0) is 9.53 Å². The largest absolute Gasteiger partial charge is 0.506 e. The first kappa shape index (κ1) is 30.6. The number of aliphatic hydroxyl groups excluding tert-OH is 1. The van der Waals surface area contributed by atoms with E-state index in [2.05, 4.69) is 0 Å². The molecule has 1 aliphatic heterocycles. The van der Waals surface area contributed by atoms with Crippen molar-refractivity contribution in [3.8, 4) is 22.6 Å². The molecular weight excluding hydrogens is 592 g/mol. The topological polar surface area (TPSA) is 57.8 Å². The van der Waals surface area contributed by atoms with E-state index in [9.17, 15) is 9.90 Å². The summed E-state index contributed by atoms with van der Waals surface area (Å²) in [4.78, 5) is 13.7. The van der Waals surface area contributed by atoms with Crippen LogP contribution >= 0.6 is 0 Å². The Morgan fingerprint density at radius 2 is 1.00 bits per heavy atom. The fourth-order valence-electron chi connectivity index (χ4n) is 6.18. The minimum Gasteiger partial charge on any atom is -0.506 e. The van der Waals surface area contributed by atoms with Crippen molar-refractivity contribution in [1.29, 1.82) is 0 Å². The van der Waals surface area contributed by atoms with E-state index in [1.807, 2.05) is 149 Å². The first-order valence-electron chi connectivity index (χ1n) is 16.0. The Bertz CT molecular complexity index is 2150. The van der Waals surface area contributed by atoms with Crippen molar-refractivity contribution in [2.24, 2.45) is 0 Å². The van der Waals surface area contributed by atoms with E-state index >= 15 is 0 Å². The van der Waals surface area contributed by atoms with E-state index in [1.54, 1.807) is 12.2 Å². The zero-order valence-corrected chi connectivity index (χ0v) is 27.4. The number of aliphatic hydroxyl groups is 1. The quantitative estimate of drug-likeness (QED) is 0.150. The molecular formula is C44H35O4+. The number of hydrogen-bond donors (Lipinski definition) is 1. The molecule has 0 spiro atoms. The predicted octanol–water partition coefficient (Wildman–Crippen LogP) is 10.9. The highest BCUT2D eigenvalue weighted by molar-refractivity contribution is 6.23. The van der Waals surface area contributed by atoms with Crippen molar-refractivity contribution < 1.29 is 19.1 Å². The fraction of sp³-hybridized carbons (Fsp3) is 0.0909. The van der Waals surface area contributed by atoms with Crippen LogP contribution in [0.4, 0.5) is 0 Å². The Balaban J connectivity index is 1.31. The minimum atomic E-state index is -0.223. The summed E-state index contributed by atoms with van der Waals surface area (Å²) in [6.07, 6.45) is 7.32.